The summed E-state index contributed by atoms with van der Waals surface area (Å²) in [6.07, 6.45) is 2.13. The molecule has 1 aliphatic rings. The molecule has 0 aromatic carbocycles. The molecule has 0 saturated carbocycles. The zero-order valence-corrected chi connectivity index (χ0v) is 16.5. The first kappa shape index (κ1) is 18.4. The molecule has 0 amide bonds. The number of aromatic nitrogens is 4. The van der Waals surface area contributed by atoms with Gasteiger partial charge in [-0.15, -0.1) is 0 Å². The van der Waals surface area contributed by atoms with Crippen molar-refractivity contribution < 1.29 is 0 Å². The maximum atomic E-state index is 6.40. The molecule has 25 heavy (non-hydrogen) atoms. The summed E-state index contributed by atoms with van der Waals surface area (Å²) in [5.74, 6) is 1.09. The number of nitrogens with zero attached hydrogens (tertiary/aromatic N) is 5. The zero-order valence-electron chi connectivity index (χ0n) is 15.8. The summed E-state index contributed by atoms with van der Waals surface area (Å²) in [6, 6.07) is 0. The van der Waals surface area contributed by atoms with Gasteiger partial charge in [0.1, 0.15) is 11.0 Å². The minimum Gasteiger partial charge on any atom is -0.346 e. The van der Waals surface area contributed by atoms with E-state index in [-0.39, 0.29) is 0 Å². The number of imidazole rings is 1. The molecule has 0 bridgehead atoms. The fraction of sp³-hybridized carbons (Fsp3) is 0.667. The van der Waals surface area contributed by atoms with Gasteiger partial charge < -0.3 is 4.98 Å². The van der Waals surface area contributed by atoms with E-state index >= 15 is 0 Å². The van der Waals surface area contributed by atoms with Crippen molar-refractivity contribution in [2.75, 3.05) is 26.2 Å². The number of aryl methyl sites for hydroxylation is 4. The van der Waals surface area contributed by atoms with E-state index in [4.69, 9.17) is 16.6 Å². The maximum absolute atomic E-state index is 6.40. The van der Waals surface area contributed by atoms with E-state index in [0.29, 0.717) is 0 Å². The smallest absolute Gasteiger partial charge is 0.131 e. The highest BCUT2D eigenvalue weighted by atomic mass is 35.5. The van der Waals surface area contributed by atoms with E-state index in [1.807, 2.05) is 14.0 Å². The zero-order chi connectivity index (χ0) is 18.0. The van der Waals surface area contributed by atoms with Crippen LogP contribution in [0, 0.1) is 13.8 Å². The van der Waals surface area contributed by atoms with Crippen LogP contribution in [0.3, 0.4) is 0 Å². The molecule has 3 rings (SSSR count). The Morgan fingerprint density at radius 1 is 1.08 bits per heavy atom. The first-order chi connectivity index (χ1) is 12.0. The average molecular weight is 365 g/mol. The summed E-state index contributed by atoms with van der Waals surface area (Å²) < 4.78 is 1.77. The second kappa shape index (κ2) is 7.89. The second-order valence-electron chi connectivity index (χ2n) is 6.99. The van der Waals surface area contributed by atoms with Crippen molar-refractivity contribution in [2.24, 2.45) is 7.05 Å². The van der Waals surface area contributed by atoms with Crippen LogP contribution in [0.25, 0.3) is 0 Å². The Labute approximate surface area is 155 Å². The highest BCUT2D eigenvalue weighted by Crippen LogP contribution is 2.21. The Morgan fingerprint density at radius 3 is 2.32 bits per heavy atom. The minimum atomic E-state index is 0.762. The van der Waals surface area contributed by atoms with Gasteiger partial charge in [-0.25, -0.2) is 4.98 Å². The Morgan fingerprint density at radius 2 is 1.76 bits per heavy atom. The molecule has 2 aromatic heterocycles. The van der Waals surface area contributed by atoms with Gasteiger partial charge in [-0.2, -0.15) is 5.10 Å². The topological polar surface area (TPSA) is 53.0 Å². The Bertz CT molecular complexity index is 719. The van der Waals surface area contributed by atoms with Gasteiger partial charge in [-0.05, 0) is 33.4 Å². The first-order valence-corrected chi connectivity index (χ1v) is 9.52. The monoisotopic (exact) mass is 364 g/mol. The quantitative estimate of drug-likeness (QED) is 0.886. The van der Waals surface area contributed by atoms with Gasteiger partial charge in [-0.3, -0.25) is 14.5 Å². The highest BCUT2D eigenvalue weighted by Gasteiger charge is 2.20. The first-order valence-electron chi connectivity index (χ1n) is 9.15. The van der Waals surface area contributed by atoms with Crippen molar-refractivity contribution in [3.8, 4) is 0 Å². The van der Waals surface area contributed by atoms with Crippen LogP contribution in [0.4, 0.5) is 0 Å². The molecule has 0 spiro atoms. The van der Waals surface area contributed by atoms with Gasteiger partial charge in [-0.1, -0.05) is 18.5 Å². The molecule has 0 radical (unpaired) electrons. The second-order valence-corrected chi connectivity index (χ2v) is 7.35. The fourth-order valence-corrected chi connectivity index (χ4v) is 3.75. The van der Waals surface area contributed by atoms with Gasteiger partial charge in [0.15, 0.2) is 0 Å². The summed E-state index contributed by atoms with van der Waals surface area (Å²) in [6.45, 7) is 12.4. The molecule has 0 atom stereocenters. The van der Waals surface area contributed by atoms with Crippen molar-refractivity contribution in [1.82, 2.24) is 29.5 Å². The summed E-state index contributed by atoms with van der Waals surface area (Å²) >= 11 is 6.40. The minimum absolute atomic E-state index is 0.762. The van der Waals surface area contributed by atoms with E-state index in [1.165, 1.54) is 17.8 Å². The van der Waals surface area contributed by atoms with E-state index in [2.05, 4.69) is 33.7 Å². The van der Waals surface area contributed by atoms with Crippen LogP contribution >= 0.6 is 11.6 Å². The third kappa shape index (κ3) is 4.25. The van der Waals surface area contributed by atoms with Gasteiger partial charge in [0.25, 0.3) is 0 Å². The number of H-pyrrole nitrogens is 1. The van der Waals surface area contributed by atoms with E-state index < -0.39 is 0 Å². The Kier molecular flexibility index (Phi) is 5.81. The molecule has 0 aliphatic carbocycles. The predicted molar refractivity (Wildman–Crippen MR) is 101 cm³/mol. The number of hydrogen-bond donors (Lipinski definition) is 1. The SMILES string of the molecule is CCc1nc(CN2CCCN(Cc3c(C)nn(C)c3Cl)CC2)c(C)[nH]1. The van der Waals surface area contributed by atoms with Crippen LogP contribution in [0.2, 0.25) is 5.15 Å². The lowest BCUT2D eigenvalue weighted by Gasteiger charge is -2.21. The highest BCUT2D eigenvalue weighted by molar-refractivity contribution is 6.30. The summed E-state index contributed by atoms with van der Waals surface area (Å²) in [5, 5.41) is 5.19. The van der Waals surface area contributed by atoms with Crippen molar-refractivity contribution in [2.45, 2.75) is 46.7 Å². The van der Waals surface area contributed by atoms with E-state index in [9.17, 15) is 0 Å². The molecule has 0 unspecified atom stereocenters. The van der Waals surface area contributed by atoms with Gasteiger partial charge in [0, 0.05) is 50.9 Å². The molecule has 1 aliphatic heterocycles. The van der Waals surface area contributed by atoms with Crippen LogP contribution in [0.1, 0.15) is 41.8 Å². The van der Waals surface area contributed by atoms with Gasteiger partial charge >= 0.3 is 0 Å². The van der Waals surface area contributed by atoms with E-state index in [0.717, 1.165) is 67.9 Å². The summed E-state index contributed by atoms with van der Waals surface area (Å²) in [4.78, 5) is 13.1. The molecule has 6 nitrogen and oxygen atoms in total. The molecular weight excluding hydrogens is 336 g/mol. The van der Waals surface area contributed by atoms with Crippen LogP contribution in [-0.2, 0) is 26.6 Å². The third-order valence-electron chi connectivity index (χ3n) is 5.08. The molecule has 1 saturated heterocycles. The molecule has 1 N–H and O–H groups in total. The number of nitrogens with one attached hydrogen (secondary N) is 1. The number of rotatable bonds is 5. The molecule has 2 aromatic rings. The molecule has 3 heterocycles. The fourth-order valence-electron chi connectivity index (χ4n) is 3.51. The maximum Gasteiger partial charge on any atom is 0.131 e. The molecule has 1 fully saturated rings. The van der Waals surface area contributed by atoms with Gasteiger partial charge in [0.2, 0.25) is 0 Å². The Hall–Kier alpha value is -1.37. The molecule has 138 valence electrons. The number of halogens is 1. The van der Waals surface area contributed by atoms with Gasteiger partial charge in [0.05, 0.1) is 11.4 Å². The normalized spacial score (nSPS) is 17.2. The van der Waals surface area contributed by atoms with Crippen molar-refractivity contribution >= 4 is 11.6 Å². The van der Waals surface area contributed by atoms with Crippen molar-refractivity contribution in [1.29, 1.82) is 0 Å². The predicted octanol–water partition coefficient (Wildman–Crippen LogP) is 2.68. The lowest BCUT2D eigenvalue weighted by molar-refractivity contribution is 0.245. The molecule has 7 heteroatoms. The lowest BCUT2D eigenvalue weighted by Crippen LogP contribution is -2.30. The summed E-state index contributed by atoms with van der Waals surface area (Å²) in [7, 11) is 1.90. The van der Waals surface area contributed by atoms with Crippen molar-refractivity contribution in [3.05, 3.63) is 33.6 Å². The van der Waals surface area contributed by atoms with Crippen LogP contribution in [-0.4, -0.2) is 55.7 Å². The third-order valence-corrected chi connectivity index (χ3v) is 5.55. The van der Waals surface area contributed by atoms with Crippen LogP contribution in [0.5, 0.6) is 0 Å². The number of aromatic amines is 1. The average Bonchev–Trinajstić information content (AvgIpc) is 2.94. The Balaban J connectivity index is 1.59. The summed E-state index contributed by atoms with van der Waals surface area (Å²) in [5.41, 5.74) is 4.59. The largest absolute Gasteiger partial charge is 0.346 e. The lowest BCUT2D eigenvalue weighted by atomic mass is 10.2. The standard InChI is InChI=1S/C18H29ClN6/c1-5-17-20-14(3)16(21-17)12-25-8-6-7-24(9-10-25)11-15-13(2)22-23(4)18(15)19/h5-12H2,1-4H3,(H,20,21). The van der Waals surface area contributed by atoms with E-state index in [1.54, 1.807) is 4.68 Å². The van der Waals surface area contributed by atoms with Crippen molar-refractivity contribution in [3.63, 3.8) is 0 Å². The van der Waals surface area contributed by atoms with Crippen LogP contribution in [0.15, 0.2) is 0 Å². The van der Waals surface area contributed by atoms with Crippen LogP contribution < -0.4 is 0 Å². The number of hydrogen-bond acceptors (Lipinski definition) is 4. The molecular formula is C18H29ClN6.